The van der Waals surface area contributed by atoms with Gasteiger partial charge in [0, 0.05) is 23.5 Å². The van der Waals surface area contributed by atoms with Crippen LogP contribution in [0, 0.1) is 11.6 Å². The molecular weight excluding hydrogens is 449 g/mol. The summed E-state index contributed by atoms with van der Waals surface area (Å²) in [5, 5.41) is 11.3. The molecule has 156 valence electrons. The Kier molecular flexibility index (Phi) is 5.47. The number of anilines is 1. The number of aliphatic hydroxyl groups is 1. The molecule has 1 saturated heterocycles. The Morgan fingerprint density at radius 3 is 2.39 bits per heavy atom. The van der Waals surface area contributed by atoms with E-state index in [9.17, 15) is 23.5 Å². The normalized spacial score (nSPS) is 17.9. The zero-order valence-corrected chi connectivity index (χ0v) is 17.0. The highest BCUT2D eigenvalue weighted by atomic mass is 35.5. The monoisotopic (exact) mass is 460 g/mol. The fraction of sp³-hybridized carbons (Fsp3) is 0.0455. The third kappa shape index (κ3) is 3.66. The molecule has 0 radical (unpaired) electrons. The molecule has 1 aliphatic heterocycles. The number of aromatic nitrogens is 1. The fourth-order valence-electron chi connectivity index (χ4n) is 3.35. The van der Waals surface area contributed by atoms with Gasteiger partial charge in [-0.1, -0.05) is 29.3 Å². The molecule has 1 aromatic heterocycles. The molecule has 2 aromatic carbocycles. The number of carbonyl (C=O) groups excluding carboxylic acids is 2. The molecular formula is C22H12Cl2F2N2O3. The highest BCUT2D eigenvalue weighted by molar-refractivity contribution is 6.51. The van der Waals surface area contributed by atoms with Gasteiger partial charge in [0.1, 0.15) is 11.8 Å². The van der Waals surface area contributed by atoms with Crippen molar-refractivity contribution in [2.45, 2.75) is 6.04 Å². The Morgan fingerprint density at radius 2 is 1.74 bits per heavy atom. The minimum atomic E-state index is -1.19. The average molecular weight is 461 g/mol. The second-order valence-corrected chi connectivity index (χ2v) is 7.47. The lowest BCUT2D eigenvalue weighted by molar-refractivity contribution is -0.132. The van der Waals surface area contributed by atoms with E-state index in [1.54, 1.807) is 18.2 Å². The van der Waals surface area contributed by atoms with Crippen LogP contribution in [0.5, 0.6) is 0 Å². The summed E-state index contributed by atoms with van der Waals surface area (Å²) >= 11 is 11.9. The van der Waals surface area contributed by atoms with Gasteiger partial charge in [-0.2, -0.15) is 0 Å². The number of nitrogens with zero attached hydrogens (tertiary/aromatic N) is 2. The van der Waals surface area contributed by atoms with Crippen molar-refractivity contribution >= 4 is 46.3 Å². The molecule has 4 rings (SSSR count). The van der Waals surface area contributed by atoms with Crippen LogP contribution in [0.1, 0.15) is 17.3 Å². The predicted octanol–water partition coefficient (Wildman–Crippen LogP) is 5.29. The SMILES string of the molecule is O=C1C(=O)N(c2ccc(F)c(F)c2)C(c2ccccn2)/C1=C(\O)c1ccc(Cl)c(Cl)c1. The molecule has 0 aliphatic carbocycles. The summed E-state index contributed by atoms with van der Waals surface area (Å²) in [6.45, 7) is 0. The lowest BCUT2D eigenvalue weighted by Gasteiger charge is -2.24. The Balaban J connectivity index is 1.95. The Morgan fingerprint density at radius 1 is 0.968 bits per heavy atom. The van der Waals surface area contributed by atoms with Crippen LogP contribution in [0.15, 0.2) is 66.4 Å². The van der Waals surface area contributed by atoms with Crippen LogP contribution in [0.3, 0.4) is 0 Å². The molecule has 1 unspecified atom stereocenters. The van der Waals surface area contributed by atoms with Crippen LogP contribution in [0.25, 0.3) is 5.76 Å². The van der Waals surface area contributed by atoms with Gasteiger partial charge in [0.2, 0.25) is 0 Å². The van der Waals surface area contributed by atoms with E-state index in [1.165, 1.54) is 30.5 Å². The van der Waals surface area contributed by atoms with E-state index in [-0.39, 0.29) is 32.6 Å². The van der Waals surface area contributed by atoms with E-state index in [4.69, 9.17) is 23.2 Å². The lowest BCUT2D eigenvalue weighted by atomic mass is 9.98. The Hall–Kier alpha value is -3.29. The zero-order valence-electron chi connectivity index (χ0n) is 15.5. The largest absolute Gasteiger partial charge is 0.507 e. The number of amides is 1. The molecule has 2 heterocycles. The molecule has 0 spiro atoms. The molecule has 0 saturated carbocycles. The highest BCUT2D eigenvalue weighted by Gasteiger charge is 2.47. The smallest absolute Gasteiger partial charge is 0.300 e. The predicted molar refractivity (Wildman–Crippen MR) is 112 cm³/mol. The van der Waals surface area contributed by atoms with Gasteiger partial charge in [0.15, 0.2) is 11.6 Å². The first-order chi connectivity index (χ1) is 14.8. The third-order valence-electron chi connectivity index (χ3n) is 4.79. The van der Waals surface area contributed by atoms with Gasteiger partial charge in [0.25, 0.3) is 11.7 Å². The van der Waals surface area contributed by atoms with E-state index < -0.39 is 35.1 Å². The van der Waals surface area contributed by atoms with Crippen molar-refractivity contribution in [3.8, 4) is 0 Å². The van der Waals surface area contributed by atoms with Crippen molar-refractivity contribution < 1.29 is 23.5 Å². The van der Waals surface area contributed by atoms with Crippen molar-refractivity contribution in [1.29, 1.82) is 0 Å². The first-order valence-corrected chi connectivity index (χ1v) is 9.67. The number of hydrogen-bond acceptors (Lipinski definition) is 4. The van der Waals surface area contributed by atoms with Gasteiger partial charge >= 0.3 is 0 Å². The second kappa shape index (κ2) is 8.09. The van der Waals surface area contributed by atoms with Crippen LogP contribution in [-0.2, 0) is 9.59 Å². The summed E-state index contributed by atoms with van der Waals surface area (Å²) in [7, 11) is 0. The quantitative estimate of drug-likeness (QED) is 0.327. The maximum absolute atomic E-state index is 13.9. The Bertz CT molecular complexity index is 1250. The summed E-state index contributed by atoms with van der Waals surface area (Å²) in [5.41, 5.74) is 0.0586. The van der Waals surface area contributed by atoms with Gasteiger partial charge in [-0.3, -0.25) is 19.5 Å². The number of benzene rings is 2. The van der Waals surface area contributed by atoms with Gasteiger partial charge in [-0.05, 0) is 42.5 Å². The number of halogens is 4. The molecule has 31 heavy (non-hydrogen) atoms. The van der Waals surface area contributed by atoms with Gasteiger partial charge in [-0.25, -0.2) is 8.78 Å². The third-order valence-corrected chi connectivity index (χ3v) is 5.53. The fourth-order valence-corrected chi connectivity index (χ4v) is 3.65. The topological polar surface area (TPSA) is 70.5 Å². The minimum Gasteiger partial charge on any atom is -0.507 e. The number of pyridine rings is 1. The summed E-state index contributed by atoms with van der Waals surface area (Å²) < 4.78 is 27.3. The van der Waals surface area contributed by atoms with Crippen molar-refractivity contribution in [3.05, 3.63) is 99.3 Å². The molecule has 1 aliphatic rings. The standard InChI is InChI=1S/C22H12Cl2F2N2O3/c23-13-6-4-11(9-14(13)24)20(29)18-19(17-3-1-2-8-27-17)28(22(31)21(18)30)12-5-7-15(25)16(26)10-12/h1-10,19,29H/b20-18+. The number of carbonyl (C=O) groups is 2. The molecule has 5 nitrogen and oxygen atoms in total. The van der Waals surface area contributed by atoms with Crippen molar-refractivity contribution in [3.63, 3.8) is 0 Å². The van der Waals surface area contributed by atoms with Crippen molar-refractivity contribution in [2.75, 3.05) is 4.90 Å². The van der Waals surface area contributed by atoms with Crippen LogP contribution in [0.2, 0.25) is 10.0 Å². The van der Waals surface area contributed by atoms with E-state index in [0.29, 0.717) is 0 Å². The van der Waals surface area contributed by atoms with Crippen molar-refractivity contribution in [2.24, 2.45) is 0 Å². The maximum Gasteiger partial charge on any atom is 0.300 e. The highest BCUT2D eigenvalue weighted by Crippen LogP contribution is 2.42. The number of aliphatic hydroxyl groups excluding tert-OH is 1. The molecule has 3 aromatic rings. The van der Waals surface area contributed by atoms with Crippen LogP contribution >= 0.6 is 23.2 Å². The summed E-state index contributed by atoms with van der Waals surface area (Å²) in [6, 6.07) is 10.7. The Labute approximate surface area is 185 Å². The maximum atomic E-state index is 13.9. The number of rotatable bonds is 3. The molecule has 0 bridgehead atoms. The van der Waals surface area contributed by atoms with Crippen LogP contribution < -0.4 is 4.90 Å². The summed E-state index contributed by atoms with van der Waals surface area (Å²) in [4.78, 5) is 31.0. The first kappa shape index (κ1) is 21.0. The molecule has 1 amide bonds. The van der Waals surface area contributed by atoms with Gasteiger partial charge < -0.3 is 5.11 Å². The molecule has 1 fully saturated rings. The van der Waals surface area contributed by atoms with Crippen LogP contribution in [-0.4, -0.2) is 21.8 Å². The minimum absolute atomic E-state index is 0.0650. The first-order valence-electron chi connectivity index (χ1n) is 8.92. The number of Topliss-reactive ketones (excluding diaryl/α,β-unsaturated/α-hetero) is 1. The van der Waals surface area contributed by atoms with E-state index in [2.05, 4.69) is 4.98 Å². The van der Waals surface area contributed by atoms with E-state index in [0.717, 1.165) is 17.0 Å². The number of hydrogen-bond donors (Lipinski definition) is 1. The van der Waals surface area contributed by atoms with Gasteiger partial charge in [0.05, 0.1) is 21.3 Å². The van der Waals surface area contributed by atoms with Crippen LogP contribution in [0.4, 0.5) is 14.5 Å². The molecule has 1 atom stereocenters. The summed E-state index contributed by atoms with van der Waals surface area (Å²) in [5.74, 6) is -4.83. The average Bonchev–Trinajstić information content (AvgIpc) is 3.03. The van der Waals surface area contributed by atoms with E-state index in [1.807, 2.05) is 0 Å². The van der Waals surface area contributed by atoms with Gasteiger partial charge in [-0.15, -0.1) is 0 Å². The molecule has 1 N–H and O–H groups in total. The zero-order chi connectivity index (χ0) is 22.3. The second-order valence-electron chi connectivity index (χ2n) is 6.65. The molecule has 9 heteroatoms. The van der Waals surface area contributed by atoms with Crippen molar-refractivity contribution in [1.82, 2.24) is 4.98 Å². The number of ketones is 1. The van der Waals surface area contributed by atoms with E-state index >= 15 is 0 Å². The lowest BCUT2D eigenvalue weighted by Crippen LogP contribution is -2.30. The summed E-state index contributed by atoms with van der Waals surface area (Å²) in [6.07, 6.45) is 1.44.